The Kier molecular flexibility index (Phi) is 4.58. The molecule has 0 unspecified atom stereocenters. The molecular weight excluding hydrogens is 317 g/mol. The summed E-state index contributed by atoms with van der Waals surface area (Å²) in [5.41, 5.74) is 0.380. The first-order chi connectivity index (χ1) is 9.46. The minimum absolute atomic E-state index is 0.220. The number of anilines is 1. The molecule has 0 aliphatic carbocycles. The summed E-state index contributed by atoms with van der Waals surface area (Å²) in [6.45, 7) is 2.01. The van der Waals surface area contributed by atoms with Crippen molar-refractivity contribution in [3.8, 4) is 0 Å². The van der Waals surface area contributed by atoms with Crippen LogP contribution in [0.25, 0.3) is 0 Å². The quantitative estimate of drug-likeness (QED) is 0.842. The van der Waals surface area contributed by atoms with E-state index >= 15 is 0 Å². The Morgan fingerprint density at radius 2 is 1.70 bits per heavy atom. The second-order valence-electron chi connectivity index (χ2n) is 4.08. The van der Waals surface area contributed by atoms with Crippen LogP contribution in [0.3, 0.4) is 0 Å². The second-order valence-corrected chi connectivity index (χ2v) is 6.78. The molecule has 3 nitrogen and oxygen atoms in total. The molecule has 2 rings (SSSR count). The van der Waals surface area contributed by atoms with E-state index in [0.29, 0.717) is 15.7 Å². The van der Waals surface area contributed by atoms with E-state index in [9.17, 15) is 8.42 Å². The average molecular weight is 330 g/mol. The molecule has 2 aromatic rings. The predicted octanol–water partition coefficient (Wildman–Crippen LogP) is 4.21. The molecular formula is C14H13Cl2NO2S. The van der Waals surface area contributed by atoms with Gasteiger partial charge in [-0.2, -0.15) is 0 Å². The Labute approximate surface area is 128 Å². The highest BCUT2D eigenvalue weighted by molar-refractivity contribution is 7.92. The fraction of sp³-hybridized carbons (Fsp3) is 0.143. The van der Waals surface area contributed by atoms with Crippen LogP contribution in [0.15, 0.2) is 53.4 Å². The number of halogens is 2. The third-order valence-corrected chi connectivity index (χ3v) is 5.25. The van der Waals surface area contributed by atoms with Crippen LogP contribution in [0.4, 0.5) is 5.69 Å². The molecule has 0 saturated heterocycles. The van der Waals surface area contributed by atoms with E-state index in [-0.39, 0.29) is 11.4 Å². The fourth-order valence-electron chi connectivity index (χ4n) is 1.87. The van der Waals surface area contributed by atoms with E-state index in [4.69, 9.17) is 23.2 Å². The van der Waals surface area contributed by atoms with Gasteiger partial charge in [-0.3, -0.25) is 4.31 Å². The molecule has 0 aliphatic heterocycles. The van der Waals surface area contributed by atoms with E-state index in [0.717, 1.165) is 0 Å². The number of nitrogens with zero attached hydrogens (tertiary/aromatic N) is 1. The lowest BCUT2D eigenvalue weighted by molar-refractivity contribution is 0.592. The van der Waals surface area contributed by atoms with Crippen molar-refractivity contribution in [3.63, 3.8) is 0 Å². The van der Waals surface area contributed by atoms with Gasteiger partial charge in [0, 0.05) is 11.6 Å². The van der Waals surface area contributed by atoms with Crippen LogP contribution in [-0.2, 0) is 10.0 Å². The normalized spacial score (nSPS) is 11.3. The van der Waals surface area contributed by atoms with Gasteiger partial charge in [0.2, 0.25) is 0 Å². The van der Waals surface area contributed by atoms with Crippen molar-refractivity contribution >= 4 is 38.9 Å². The standard InChI is InChI=1S/C14H13Cl2NO2S/c1-2-17(14-10-11(15)8-9-13(14)16)20(18,19)12-6-4-3-5-7-12/h3-10H,2H2,1H3. The highest BCUT2D eigenvalue weighted by Crippen LogP contribution is 2.32. The van der Waals surface area contributed by atoms with Gasteiger partial charge >= 0.3 is 0 Å². The minimum Gasteiger partial charge on any atom is -0.265 e. The smallest absolute Gasteiger partial charge is 0.264 e. The summed E-state index contributed by atoms with van der Waals surface area (Å²) in [4.78, 5) is 0.220. The van der Waals surface area contributed by atoms with Crippen LogP contribution < -0.4 is 4.31 Å². The zero-order chi connectivity index (χ0) is 14.8. The summed E-state index contributed by atoms with van der Waals surface area (Å²) in [5.74, 6) is 0. The van der Waals surface area contributed by atoms with Gasteiger partial charge in [0.25, 0.3) is 10.0 Å². The Hall–Kier alpha value is -1.23. The zero-order valence-corrected chi connectivity index (χ0v) is 13.1. The van der Waals surface area contributed by atoms with Crippen molar-refractivity contribution in [1.82, 2.24) is 0 Å². The van der Waals surface area contributed by atoms with Crippen LogP contribution in [0.5, 0.6) is 0 Å². The lowest BCUT2D eigenvalue weighted by atomic mass is 10.3. The summed E-state index contributed by atoms with van der Waals surface area (Å²) in [5, 5.41) is 0.780. The maximum atomic E-state index is 12.7. The Morgan fingerprint density at radius 1 is 1.05 bits per heavy atom. The molecule has 0 saturated carbocycles. The maximum Gasteiger partial charge on any atom is 0.264 e. The van der Waals surface area contributed by atoms with Gasteiger partial charge in [-0.25, -0.2) is 8.42 Å². The van der Waals surface area contributed by atoms with Crippen LogP contribution in [0.2, 0.25) is 10.0 Å². The molecule has 0 aliphatic rings. The number of rotatable bonds is 4. The van der Waals surface area contributed by atoms with Gasteiger partial charge in [-0.15, -0.1) is 0 Å². The van der Waals surface area contributed by atoms with E-state index < -0.39 is 10.0 Å². The third-order valence-electron chi connectivity index (χ3n) is 2.80. The summed E-state index contributed by atoms with van der Waals surface area (Å²) < 4.78 is 26.5. The first kappa shape index (κ1) is 15.2. The molecule has 0 bridgehead atoms. The molecule has 0 aromatic heterocycles. The van der Waals surface area contributed by atoms with Crippen LogP contribution in [0.1, 0.15) is 6.92 Å². The highest BCUT2D eigenvalue weighted by atomic mass is 35.5. The molecule has 2 aromatic carbocycles. The van der Waals surface area contributed by atoms with Crippen molar-refractivity contribution in [2.24, 2.45) is 0 Å². The van der Waals surface area contributed by atoms with E-state index in [2.05, 4.69) is 0 Å². The van der Waals surface area contributed by atoms with Crippen molar-refractivity contribution in [3.05, 3.63) is 58.6 Å². The number of hydrogen-bond acceptors (Lipinski definition) is 2. The van der Waals surface area contributed by atoms with Crippen LogP contribution in [0, 0.1) is 0 Å². The average Bonchev–Trinajstić information content (AvgIpc) is 2.44. The fourth-order valence-corrected chi connectivity index (χ4v) is 3.81. The molecule has 0 heterocycles. The summed E-state index contributed by atoms with van der Waals surface area (Å²) in [6, 6.07) is 13.0. The van der Waals surface area contributed by atoms with Gasteiger partial charge in [-0.1, -0.05) is 41.4 Å². The van der Waals surface area contributed by atoms with E-state index in [1.807, 2.05) is 0 Å². The topological polar surface area (TPSA) is 37.4 Å². The van der Waals surface area contributed by atoms with E-state index in [1.165, 1.54) is 4.31 Å². The number of benzene rings is 2. The maximum absolute atomic E-state index is 12.7. The molecule has 20 heavy (non-hydrogen) atoms. The molecule has 0 atom stereocenters. The summed E-state index contributed by atoms with van der Waals surface area (Å²) in [7, 11) is -3.65. The predicted molar refractivity (Wildman–Crippen MR) is 83.1 cm³/mol. The largest absolute Gasteiger partial charge is 0.265 e. The molecule has 0 fully saturated rings. The Bertz CT molecular complexity index is 702. The van der Waals surface area contributed by atoms with Gasteiger partial charge in [0.05, 0.1) is 15.6 Å². The SMILES string of the molecule is CCN(c1cc(Cl)ccc1Cl)S(=O)(=O)c1ccccc1. The molecule has 0 spiro atoms. The van der Waals surface area contributed by atoms with E-state index in [1.54, 1.807) is 55.5 Å². The Morgan fingerprint density at radius 3 is 2.30 bits per heavy atom. The molecule has 0 radical (unpaired) electrons. The molecule has 0 amide bonds. The van der Waals surface area contributed by atoms with Crippen molar-refractivity contribution in [2.45, 2.75) is 11.8 Å². The van der Waals surface area contributed by atoms with Crippen molar-refractivity contribution < 1.29 is 8.42 Å². The molecule has 6 heteroatoms. The minimum atomic E-state index is -3.65. The van der Waals surface area contributed by atoms with Crippen molar-refractivity contribution in [1.29, 1.82) is 0 Å². The number of hydrogen-bond donors (Lipinski definition) is 0. The van der Waals surface area contributed by atoms with Gasteiger partial charge < -0.3 is 0 Å². The highest BCUT2D eigenvalue weighted by Gasteiger charge is 2.25. The van der Waals surface area contributed by atoms with Gasteiger partial charge in [-0.05, 0) is 37.3 Å². The third kappa shape index (κ3) is 2.92. The van der Waals surface area contributed by atoms with Crippen LogP contribution in [-0.4, -0.2) is 15.0 Å². The van der Waals surface area contributed by atoms with Crippen LogP contribution >= 0.6 is 23.2 Å². The zero-order valence-electron chi connectivity index (χ0n) is 10.8. The summed E-state index contributed by atoms with van der Waals surface area (Å²) >= 11 is 12.0. The second kappa shape index (κ2) is 6.04. The van der Waals surface area contributed by atoms with Gasteiger partial charge in [0.15, 0.2) is 0 Å². The first-order valence-electron chi connectivity index (χ1n) is 5.99. The molecule has 106 valence electrons. The molecule has 0 N–H and O–H groups in total. The lowest BCUT2D eigenvalue weighted by Gasteiger charge is -2.24. The summed E-state index contributed by atoms with van der Waals surface area (Å²) in [6.07, 6.45) is 0. The van der Waals surface area contributed by atoms with Gasteiger partial charge in [0.1, 0.15) is 0 Å². The monoisotopic (exact) mass is 329 g/mol. The van der Waals surface area contributed by atoms with Crippen molar-refractivity contribution in [2.75, 3.05) is 10.8 Å². The number of sulfonamides is 1. The first-order valence-corrected chi connectivity index (χ1v) is 8.19. The lowest BCUT2D eigenvalue weighted by Crippen LogP contribution is -2.31. The Balaban J connectivity index is 2.55.